The third-order valence-electron chi connectivity index (χ3n) is 4.13. The van der Waals surface area contributed by atoms with Gasteiger partial charge in [-0.3, -0.25) is 4.79 Å². The number of carbonyl (C=O) groups is 1. The minimum Gasteiger partial charge on any atom is -0.324 e. The summed E-state index contributed by atoms with van der Waals surface area (Å²) in [5.74, 6) is 0.873. The highest BCUT2D eigenvalue weighted by Crippen LogP contribution is 2.27. The molecule has 0 aliphatic carbocycles. The fourth-order valence-electron chi connectivity index (χ4n) is 2.48. The van der Waals surface area contributed by atoms with Crippen molar-refractivity contribution in [2.24, 2.45) is 7.05 Å². The molecule has 0 bridgehead atoms. The van der Waals surface area contributed by atoms with Crippen molar-refractivity contribution in [2.45, 2.75) is 19.0 Å². The molecule has 8 heteroatoms. The van der Waals surface area contributed by atoms with Crippen molar-refractivity contribution in [1.82, 2.24) is 14.8 Å². The molecule has 1 N–H and O–H groups in total. The molecule has 0 aliphatic heterocycles. The first-order valence-electron chi connectivity index (χ1n) is 8.20. The molecule has 0 aliphatic rings. The second kappa shape index (κ2) is 8.46. The van der Waals surface area contributed by atoms with E-state index in [4.69, 9.17) is 11.6 Å². The van der Waals surface area contributed by atoms with Gasteiger partial charge < -0.3 is 9.88 Å². The molecule has 3 aromatic rings. The Bertz CT molecular complexity index is 988. The molecule has 0 spiro atoms. The molecule has 140 valence electrons. The van der Waals surface area contributed by atoms with E-state index in [1.54, 1.807) is 0 Å². The van der Waals surface area contributed by atoms with E-state index in [9.17, 15) is 4.79 Å². The average Bonchev–Trinajstić information content (AvgIpc) is 2.99. The molecule has 1 heterocycles. The zero-order chi connectivity index (χ0) is 19.6. The van der Waals surface area contributed by atoms with Crippen LogP contribution in [0.3, 0.4) is 0 Å². The lowest BCUT2D eigenvalue weighted by atomic mass is 10.1. The molecule has 27 heavy (non-hydrogen) atoms. The van der Waals surface area contributed by atoms with Gasteiger partial charge in [-0.1, -0.05) is 23.4 Å². The van der Waals surface area contributed by atoms with Crippen LogP contribution in [0.2, 0.25) is 5.02 Å². The summed E-state index contributed by atoms with van der Waals surface area (Å²) in [6.45, 7) is 4.05. The van der Waals surface area contributed by atoms with Crippen molar-refractivity contribution >= 4 is 50.9 Å². The van der Waals surface area contributed by atoms with Gasteiger partial charge in [0.25, 0.3) is 0 Å². The summed E-state index contributed by atoms with van der Waals surface area (Å²) >= 11 is 10.8. The smallest absolute Gasteiger partial charge is 0.234 e. The van der Waals surface area contributed by atoms with Crippen LogP contribution in [0.4, 0.5) is 5.69 Å². The maximum atomic E-state index is 12.3. The summed E-state index contributed by atoms with van der Waals surface area (Å²) in [6.07, 6.45) is 0. The summed E-state index contributed by atoms with van der Waals surface area (Å²) < 4.78 is 2.74. The fraction of sp³-hybridized carbons (Fsp3) is 0.211. The molecule has 5 nitrogen and oxygen atoms in total. The number of aryl methyl sites for hydroxylation is 2. The third kappa shape index (κ3) is 4.72. The van der Waals surface area contributed by atoms with Gasteiger partial charge in [0.1, 0.15) is 0 Å². The van der Waals surface area contributed by atoms with Crippen LogP contribution in [0.1, 0.15) is 11.1 Å². The largest absolute Gasteiger partial charge is 0.324 e. The maximum absolute atomic E-state index is 12.3. The van der Waals surface area contributed by atoms with Crippen LogP contribution >= 0.6 is 39.3 Å². The highest BCUT2D eigenvalue weighted by Gasteiger charge is 2.14. The molecule has 1 amide bonds. The first kappa shape index (κ1) is 19.9. The summed E-state index contributed by atoms with van der Waals surface area (Å²) in [4.78, 5) is 12.3. The van der Waals surface area contributed by atoms with Crippen LogP contribution in [0, 0.1) is 13.8 Å². The number of amides is 1. The number of nitrogens with zero attached hydrogens (tertiary/aromatic N) is 3. The van der Waals surface area contributed by atoms with E-state index in [0.717, 1.165) is 27.1 Å². The Morgan fingerprint density at radius 2 is 1.85 bits per heavy atom. The normalized spacial score (nSPS) is 10.9. The summed E-state index contributed by atoms with van der Waals surface area (Å²) in [7, 11) is 1.88. The molecular weight excluding hydrogens is 448 g/mol. The lowest BCUT2D eigenvalue weighted by Crippen LogP contribution is -2.15. The number of benzene rings is 2. The summed E-state index contributed by atoms with van der Waals surface area (Å²) in [5.41, 5.74) is 3.98. The van der Waals surface area contributed by atoms with Crippen molar-refractivity contribution in [3.63, 3.8) is 0 Å². The number of thioether (sulfide) groups is 1. The molecule has 0 saturated carbocycles. The Balaban J connectivity index is 1.66. The van der Waals surface area contributed by atoms with Gasteiger partial charge in [0, 0.05) is 22.1 Å². The minimum absolute atomic E-state index is 0.0972. The van der Waals surface area contributed by atoms with Crippen LogP contribution < -0.4 is 5.32 Å². The predicted molar refractivity (Wildman–Crippen MR) is 114 cm³/mol. The molecule has 0 fully saturated rings. The maximum Gasteiger partial charge on any atom is 0.234 e. The molecule has 3 rings (SSSR count). The zero-order valence-corrected chi connectivity index (χ0v) is 18.2. The fourth-order valence-corrected chi connectivity index (χ4v) is 3.88. The lowest BCUT2D eigenvalue weighted by Gasteiger charge is -2.10. The van der Waals surface area contributed by atoms with Gasteiger partial charge in [-0.15, -0.1) is 10.2 Å². The van der Waals surface area contributed by atoms with Crippen molar-refractivity contribution in [3.05, 3.63) is 57.0 Å². The summed E-state index contributed by atoms with van der Waals surface area (Å²) in [6, 6.07) is 11.4. The lowest BCUT2D eigenvalue weighted by molar-refractivity contribution is -0.113. The van der Waals surface area contributed by atoms with Gasteiger partial charge in [-0.2, -0.15) is 0 Å². The molecule has 2 aromatic carbocycles. The predicted octanol–water partition coefficient (Wildman–Crippen LogP) is 5.25. The van der Waals surface area contributed by atoms with Gasteiger partial charge >= 0.3 is 0 Å². The second-order valence-corrected chi connectivity index (χ2v) is 8.36. The van der Waals surface area contributed by atoms with E-state index in [0.29, 0.717) is 10.2 Å². The highest BCUT2D eigenvalue weighted by atomic mass is 79.9. The topological polar surface area (TPSA) is 59.8 Å². The first-order chi connectivity index (χ1) is 12.8. The number of carbonyl (C=O) groups excluding carboxylic acids is 1. The van der Waals surface area contributed by atoms with Crippen LogP contribution in [-0.4, -0.2) is 26.4 Å². The highest BCUT2D eigenvalue weighted by molar-refractivity contribution is 9.10. The Morgan fingerprint density at radius 1 is 1.19 bits per heavy atom. The van der Waals surface area contributed by atoms with Gasteiger partial charge in [-0.25, -0.2) is 0 Å². The Morgan fingerprint density at radius 3 is 2.56 bits per heavy atom. The SMILES string of the molecule is Cc1cc(Br)c(NC(=O)CSc2nnc(-c3ccc(Cl)cc3)n2C)cc1C. The van der Waals surface area contributed by atoms with E-state index in [1.807, 2.05) is 61.9 Å². The molecule has 0 saturated heterocycles. The first-order valence-corrected chi connectivity index (χ1v) is 10.4. The number of hydrogen-bond donors (Lipinski definition) is 1. The molecule has 0 atom stereocenters. The molecule has 0 unspecified atom stereocenters. The van der Waals surface area contributed by atoms with Gasteiger partial charge in [-0.05, 0) is 77.3 Å². The van der Waals surface area contributed by atoms with E-state index >= 15 is 0 Å². The minimum atomic E-state index is -0.0972. The van der Waals surface area contributed by atoms with Crippen LogP contribution in [0.5, 0.6) is 0 Å². The van der Waals surface area contributed by atoms with Gasteiger partial charge in [0.05, 0.1) is 11.4 Å². The zero-order valence-electron chi connectivity index (χ0n) is 15.1. The summed E-state index contributed by atoms with van der Waals surface area (Å²) in [5, 5.41) is 12.7. The van der Waals surface area contributed by atoms with E-state index in [2.05, 4.69) is 31.4 Å². The van der Waals surface area contributed by atoms with Crippen molar-refractivity contribution in [1.29, 1.82) is 0 Å². The monoisotopic (exact) mass is 464 g/mol. The quantitative estimate of drug-likeness (QED) is 0.523. The Kier molecular flexibility index (Phi) is 6.24. The van der Waals surface area contributed by atoms with Gasteiger partial charge in [0.15, 0.2) is 11.0 Å². The number of nitrogens with one attached hydrogen (secondary N) is 1. The van der Waals surface area contributed by atoms with E-state index < -0.39 is 0 Å². The molecular formula is C19H18BrClN4OS. The number of halogens is 2. The average molecular weight is 466 g/mol. The standard InChI is InChI=1S/C19H18BrClN4OS/c1-11-8-15(20)16(9-12(11)2)22-17(26)10-27-19-24-23-18(25(19)3)13-4-6-14(21)7-5-13/h4-9H,10H2,1-3H3,(H,22,26). The van der Waals surface area contributed by atoms with Crippen molar-refractivity contribution in [2.75, 3.05) is 11.1 Å². The van der Waals surface area contributed by atoms with Gasteiger partial charge in [0.2, 0.25) is 5.91 Å². The number of rotatable bonds is 5. The number of hydrogen-bond acceptors (Lipinski definition) is 4. The number of anilines is 1. The van der Waals surface area contributed by atoms with Crippen LogP contribution in [0.15, 0.2) is 46.0 Å². The Hall–Kier alpha value is -1.83. The number of aromatic nitrogens is 3. The second-order valence-electron chi connectivity index (χ2n) is 6.13. The van der Waals surface area contributed by atoms with E-state index in [1.165, 1.54) is 17.3 Å². The van der Waals surface area contributed by atoms with E-state index in [-0.39, 0.29) is 11.7 Å². The molecule has 1 aromatic heterocycles. The van der Waals surface area contributed by atoms with Crippen molar-refractivity contribution in [3.8, 4) is 11.4 Å². The van der Waals surface area contributed by atoms with Crippen molar-refractivity contribution < 1.29 is 4.79 Å². The third-order valence-corrected chi connectivity index (χ3v) is 6.06. The van der Waals surface area contributed by atoms with Crippen LogP contribution in [0.25, 0.3) is 11.4 Å². The Labute approximate surface area is 175 Å². The molecule has 0 radical (unpaired) electrons. The van der Waals surface area contributed by atoms with Crippen LogP contribution in [-0.2, 0) is 11.8 Å².